The van der Waals surface area contributed by atoms with Gasteiger partial charge in [0.2, 0.25) is 11.0 Å². The maximum Gasteiger partial charge on any atom is 0.226 e. The number of rotatable bonds is 7. The Hall–Kier alpha value is -1.44. The van der Waals surface area contributed by atoms with Gasteiger partial charge in [-0.3, -0.25) is 4.79 Å². The molecule has 3 rings (SSSR count). The number of aryl methyl sites for hydroxylation is 1. The summed E-state index contributed by atoms with van der Waals surface area (Å²) in [6, 6.07) is 8.39. The first-order valence-electron chi connectivity index (χ1n) is 7.59. The lowest BCUT2D eigenvalue weighted by molar-refractivity contribution is -0.116. The molecule has 0 radical (unpaired) electrons. The number of thioether (sulfide) groups is 1. The van der Waals surface area contributed by atoms with Gasteiger partial charge in [-0.05, 0) is 29.9 Å². The molecule has 5 nitrogen and oxygen atoms in total. The van der Waals surface area contributed by atoms with E-state index in [4.69, 9.17) is 4.74 Å². The monoisotopic (exact) mass is 349 g/mol. The normalized spacial score (nSPS) is 16.3. The molecule has 2 aromatic rings. The number of methoxy groups -OCH3 is 1. The van der Waals surface area contributed by atoms with Gasteiger partial charge in [-0.2, -0.15) is 0 Å². The lowest BCUT2D eigenvalue weighted by Gasteiger charge is -2.10. The van der Waals surface area contributed by atoms with E-state index in [1.165, 1.54) is 22.5 Å². The highest BCUT2D eigenvalue weighted by atomic mass is 32.2. The van der Waals surface area contributed by atoms with E-state index in [1.807, 2.05) is 6.07 Å². The largest absolute Gasteiger partial charge is 0.384 e. The fraction of sp³-hybridized carbons (Fsp3) is 0.438. The van der Waals surface area contributed by atoms with Crippen LogP contribution in [0.3, 0.4) is 0 Å². The molecule has 1 aromatic heterocycles. The Balaban J connectivity index is 1.52. The minimum absolute atomic E-state index is 0.0105. The lowest BCUT2D eigenvalue weighted by atomic mass is 9.97. The van der Waals surface area contributed by atoms with E-state index in [-0.39, 0.29) is 5.91 Å². The molecule has 1 aromatic carbocycles. The Bertz CT molecular complexity index is 675. The van der Waals surface area contributed by atoms with Crippen LogP contribution in [-0.4, -0.2) is 35.6 Å². The zero-order valence-electron chi connectivity index (χ0n) is 12.9. The van der Waals surface area contributed by atoms with Gasteiger partial charge in [-0.15, -0.1) is 10.2 Å². The first-order valence-corrected chi connectivity index (χ1v) is 9.39. The molecular weight excluding hydrogens is 330 g/mol. The van der Waals surface area contributed by atoms with Crippen molar-refractivity contribution < 1.29 is 9.53 Å². The minimum Gasteiger partial charge on any atom is -0.384 e. The first kappa shape index (κ1) is 16.4. The molecule has 1 amide bonds. The Morgan fingerprint density at radius 1 is 1.43 bits per heavy atom. The quantitative estimate of drug-likeness (QED) is 0.472. The van der Waals surface area contributed by atoms with Crippen LogP contribution in [0.5, 0.6) is 0 Å². The highest BCUT2D eigenvalue weighted by molar-refractivity contribution is 8.01. The molecule has 0 bridgehead atoms. The second-order valence-corrected chi connectivity index (χ2v) is 7.72. The van der Waals surface area contributed by atoms with E-state index in [9.17, 15) is 4.79 Å². The summed E-state index contributed by atoms with van der Waals surface area (Å²) in [5.74, 6) is 1.16. The van der Waals surface area contributed by atoms with Crippen LogP contribution in [0.4, 0.5) is 5.13 Å². The van der Waals surface area contributed by atoms with Crippen molar-refractivity contribution in [2.75, 3.05) is 24.8 Å². The summed E-state index contributed by atoms with van der Waals surface area (Å²) in [5, 5.41) is 11.5. The molecule has 0 aliphatic heterocycles. The fourth-order valence-electron chi connectivity index (χ4n) is 2.78. The van der Waals surface area contributed by atoms with Crippen molar-refractivity contribution in [1.29, 1.82) is 0 Å². The van der Waals surface area contributed by atoms with Crippen LogP contribution < -0.4 is 5.32 Å². The summed E-state index contributed by atoms with van der Waals surface area (Å²) in [4.78, 5) is 12.2. The van der Waals surface area contributed by atoms with Crippen LogP contribution >= 0.6 is 23.1 Å². The number of amides is 1. The molecule has 23 heavy (non-hydrogen) atoms. The maximum absolute atomic E-state index is 12.2. The average molecular weight is 349 g/mol. The number of hydrogen-bond acceptors (Lipinski definition) is 6. The van der Waals surface area contributed by atoms with Gasteiger partial charge in [0.1, 0.15) is 0 Å². The van der Waals surface area contributed by atoms with Crippen molar-refractivity contribution >= 4 is 34.1 Å². The number of hydrogen-bond donors (Lipinski definition) is 1. The van der Waals surface area contributed by atoms with Crippen LogP contribution in [0.15, 0.2) is 28.6 Å². The third-order valence-electron chi connectivity index (χ3n) is 3.85. The number of carbonyl (C=O) groups excluding carboxylic acids is 1. The van der Waals surface area contributed by atoms with Crippen molar-refractivity contribution in [1.82, 2.24) is 10.2 Å². The molecule has 0 spiro atoms. The smallest absolute Gasteiger partial charge is 0.226 e. The van der Waals surface area contributed by atoms with Crippen molar-refractivity contribution in [3.8, 4) is 0 Å². The number of aromatic nitrogens is 2. The Kier molecular flexibility index (Phi) is 5.64. The Morgan fingerprint density at radius 3 is 3.17 bits per heavy atom. The molecule has 0 saturated heterocycles. The van der Waals surface area contributed by atoms with E-state index in [0.29, 0.717) is 24.1 Å². The van der Waals surface area contributed by atoms with Gasteiger partial charge in [0.25, 0.3) is 0 Å². The van der Waals surface area contributed by atoms with Crippen LogP contribution in [-0.2, 0) is 16.0 Å². The van der Waals surface area contributed by atoms with Gasteiger partial charge in [0.05, 0.1) is 6.61 Å². The number of nitrogens with one attached hydrogen (secondary N) is 1. The lowest BCUT2D eigenvalue weighted by Crippen LogP contribution is -2.14. The van der Waals surface area contributed by atoms with Crippen LogP contribution in [0, 0.1) is 0 Å². The predicted octanol–water partition coefficient (Wildman–Crippen LogP) is 3.34. The van der Waals surface area contributed by atoms with Gasteiger partial charge in [-0.1, -0.05) is 47.4 Å². The number of ether oxygens (including phenoxy) is 1. The summed E-state index contributed by atoms with van der Waals surface area (Å²) < 4.78 is 5.85. The third kappa shape index (κ3) is 4.31. The number of carbonyl (C=O) groups is 1. The van der Waals surface area contributed by atoms with Gasteiger partial charge in [0.15, 0.2) is 4.34 Å². The second kappa shape index (κ2) is 7.90. The molecule has 122 valence electrons. The zero-order valence-corrected chi connectivity index (χ0v) is 14.6. The van der Waals surface area contributed by atoms with Crippen molar-refractivity contribution in [2.24, 2.45) is 0 Å². The average Bonchev–Trinajstić information content (AvgIpc) is 3.15. The van der Waals surface area contributed by atoms with Gasteiger partial charge in [-0.25, -0.2) is 0 Å². The maximum atomic E-state index is 12.2. The summed E-state index contributed by atoms with van der Waals surface area (Å²) in [7, 11) is 1.67. The number of fused-ring (bicyclic) bond motifs is 1. The third-order valence-corrected chi connectivity index (χ3v) is 5.79. The van der Waals surface area contributed by atoms with Crippen LogP contribution in [0.2, 0.25) is 0 Å². The van der Waals surface area contributed by atoms with Crippen LogP contribution in [0.1, 0.15) is 29.9 Å². The van der Waals surface area contributed by atoms with E-state index in [0.717, 1.165) is 22.9 Å². The van der Waals surface area contributed by atoms with E-state index in [1.54, 1.807) is 18.9 Å². The highest BCUT2D eigenvalue weighted by Gasteiger charge is 2.24. The summed E-state index contributed by atoms with van der Waals surface area (Å²) >= 11 is 2.99. The number of nitrogens with zero attached hydrogens (tertiary/aromatic N) is 2. The van der Waals surface area contributed by atoms with E-state index < -0.39 is 0 Å². The summed E-state index contributed by atoms with van der Waals surface area (Å²) in [5.41, 5.74) is 2.69. The number of benzene rings is 1. The van der Waals surface area contributed by atoms with E-state index in [2.05, 4.69) is 33.7 Å². The zero-order chi connectivity index (χ0) is 16.1. The van der Waals surface area contributed by atoms with Gasteiger partial charge >= 0.3 is 0 Å². The second-order valence-electron chi connectivity index (χ2n) is 5.40. The van der Waals surface area contributed by atoms with Crippen molar-refractivity contribution in [3.05, 3.63) is 35.4 Å². The fourth-order valence-corrected chi connectivity index (χ4v) is 4.52. The molecule has 7 heteroatoms. The molecule has 1 heterocycles. The highest BCUT2D eigenvalue weighted by Crippen LogP contribution is 2.35. The molecular formula is C16H19N3O2S2. The summed E-state index contributed by atoms with van der Waals surface area (Å²) in [6.07, 6.45) is 2.61. The van der Waals surface area contributed by atoms with E-state index >= 15 is 0 Å². The molecule has 1 aliphatic carbocycles. The van der Waals surface area contributed by atoms with Gasteiger partial charge < -0.3 is 10.1 Å². The van der Waals surface area contributed by atoms with Crippen LogP contribution in [0.25, 0.3) is 0 Å². The standard InChI is InChI=1S/C16H19N3O2S2/c1-21-8-9-22-16-19-18-15(23-16)17-14(20)10-12-7-6-11-4-2-3-5-13(11)12/h2-5,12H,6-10H2,1H3,(H,17,18,20). The molecule has 1 atom stereocenters. The Morgan fingerprint density at radius 2 is 2.30 bits per heavy atom. The first-order chi connectivity index (χ1) is 11.3. The SMILES string of the molecule is COCCSc1nnc(NC(=O)CC2CCc3ccccc32)s1. The molecule has 0 saturated carbocycles. The number of anilines is 1. The van der Waals surface area contributed by atoms with Crippen molar-refractivity contribution in [2.45, 2.75) is 29.5 Å². The molecule has 1 aliphatic rings. The van der Waals surface area contributed by atoms with Gasteiger partial charge in [0, 0.05) is 19.3 Å². The Labute approximate surface area is 143 Å². The molecule has 1 N–H and O–H groups in total. The topological polar surface area (TPSA) is 64.1 Å². The molecule has 0 fully saturated rings. The minimum atomic E-state index is 0.0105. The predicted molar refractivity (Wildman–Crippen MR) is 93.3 cm³/mol. The molecule has 1 unspecified atom stereocenters. The summed E-state index contributed by atoms with van der Waals surface area (Å²) in [6.45, 7) is 0.674. The van der Waals surface area contributed by atoms with Crippen molar-refractivity contribution in [3.63, 3.8) is 0 Å².